The number of rotatable bonds is 4. The van der Waals surface area contributed by atoms with E-state index in [0.29, 0.717) is 30.3 Å². The number of hydrogen-bond donors (Lipinski definition) is 0. The SMILES string of the molecule is O=C(OCc1ccccc1)c1c(-c2ccccc2)nn2c1OCC2. The molecule has 2 heterocycles. The minimum atomic E-state index is -0.416. The molecular formula is C19H16N2O3. The Kier molecular flexibility index (Phi) is 3.75. The van der Waals surface area contributed by atoms with Crippen LogP contribution in [0, 0.1) is 0 Å². The molecule has 2 aromatic carbocycles. The van der Waals surface area contributed by atoms with Crippen molar-refractivity contribution in [1.82, 2.24) is 9.78 Å². The lowest BCUT2D eigenvalue weighted by Gasteiger charge is -2.07. The molecule has 4 rings (SSSR count). The van der Waals surface area contributed by atoms with Crippen LogP contribution in [0.25, 0.3) is 11.3 Å². The Bertz CT molecular complexity index is 857. The molecule has 0 bridgehead atoms. The van der Waals surface area contributed by atoms with E-state index >= 15 is 0 Å². The summed E-state index contributed by atoms with van der Waals surface area (Å²) in [6.07, 6.45) is 0. The molecule has 1 aliphatic heterocycles. The molecule has 0 radical (unpaired) electrons. The van der Waals surface area contributed by atoms with Gasteiger partial charge in [-0.25, -0.2) is 9.48 Å². The van der Waals surface area contributed by atoms with Crippen molar-refractivity contribution in [3.8, 4) is 17.1 Å². The maximum Gasteiger partial charge on any atom is 0.346 e. The highest BCUT2D eigenvalue weighted by molar-refractivity contribution is 5.98. The van der Waals surface area contributed by atoms with Crippen molar-refractivity contribution in [2.45, 2.75) is 13.2 Å². The van der Waals surface area contributed by atoms with Gasteiger partial charge in [0.25, 0.3) is 0 Å². The highest BCUT2D eigenvalue weighted by Crippen LogP contribution is 2.33. The number of nitrogens with zero attached hydrogens (tertiary/aromatic N) is 2. The lowest BCUT2D eigenvalue weighted by molar-refractivity contribution is 0.0470. The Balaban J connectivity index is 1.65. The topological polar surface area (TPSA) is 53.3 Å². The third-order valence-electron chi connectivity index (χ3n) is 3.91. The summed E-state index contributed by atoms with van der Waals surface area (Å²) in [6.45, 7) is 1.38. The zero-order valence-electron chi connectivity index (χ0n) is 13.0. The fraction of sp³-hybridized carbons (Fsp3) is 0.158. The molecule has 0 amide bonds. The fourth-order valence-electron chi connectivity index (χ4n) is 2.75. The second-order valence-corrected chi connectivity index (χ2v) is 5.53. The summed E-state index contributed by atoms with van der Waals surface area (Å²) in [4.78, 5) is 12.7. The van der Waals surface area contributed by atoms with Gasteiger partial charge in [0.1, 0.15) is 24.5 Å². The quantitative estimate of drug-likeness (QED) is 0.692. The summed E-state index contributed by atoms with van der Waals surface area (Å²) < 4.78 is 12.8. The van der Waals surface area contributed by atoms with Crippen molar-refractivity contribution in [3.05, 3.63) is 71.8 Å². The van der Waals surface area contributed by atoms with Crippen LogP contribution in [-0.4, -0.2) is 22.4 Å². The lowest BCUT2D eigenvalue weighted by Crippen LogP contribution is -2.07. The van der Waals surface area contributed by atoms with Gasteiger partial charge < -0.3 is 9.47 Å². The van der Waals surface area contributed by atoms with Gasteiger partial charge in [-0.3, -0.25) is 0 Å². The summed E-state index contributed by atoms with van der Waals surface area (Å²) in [6, 6.07) is 19.2. The van der Waals surface area contributed by atoms with Crippen molar-refractivity contribution in [3.63, 3.8) is 0 Å². The van der Waals surface area contributed by atoms with Crippen LogP contribution in [0.1, 0.15) is 15.9 Å². The van der Waals surface area contributed by atoms with Gasteiger partial charge in [-0.15, -0.1) is 0 Å². The monoisotopic (exact) mass is 320 g/mol. The molecule has 3 aromatic rings. The maximum atomic E-state index is 12.7. The van der Waals surface area contributed by atoms with Gasteiger partial charge in [0, 0.05) is 5.56 Å². The van der Waals surface area contributed by atoms with Crippen LogP contribution in [0.2, 0.25) is 0 Å². The summed E-state index contributed by atoms with van der Waals surface area (Å²) >= 11 is 0. The molecule has 5 heteroatoms. The van der Waals surface area contributed by atoms with Crippen LogP contribution in [0.4, 0.5) is 0 Å². The normalized spacial score (nSPS) is 12.5. The van der Waals surface area contributed by atoms with Crippen LogP contribution >= 0.6 is 0 Å². The van der Waals surface area contributed by atoms with Crippen molar-refractivity contribution in [2.75, 3.05) is 6.61 Å². The van der Waals surface area contributed by atoms with E-state index < -0.39 is 5.97 Å². The highest BCUT2D eigenvalue weighted by atomic mass is 16.5. The summed E-state index contributed by atoms with van der Waals surface area (Å²) in [7, 11) is 0. The standard InChI is InChI=1S/C19H16N2O3/c22-19(24-13-14-7-3-1-4-8-14)16-17(15-9-5-2-6-10-15)20-21-11-12-23-18(16)21/h1-10H,11-13H2. The first-order chi connectivity index (χ1) is 11.8. The maximum absolute atomic E-state index is 12.7. The molecule has 0 atom stereocenters. The number of carbonyl (C=O) groups excluding carboxylic acids is 1. The number of ether oxygens (including phenoxy) is 2. The Labute approximate surface area is 139 Å². The van der Waals surface area contributed by atoms with Gasteiger partial charge in [-0.2, -0.15) is 5.10 Å². The van der Waals surface area contributed by atoms with E-state index in [1.807, 2.05) is 60.7 Å². The van der Waals surface area contributed by atoms with E-state index in [1.165, 1.54) is 0 Å². The predicted octanol–water partition coefficient (Wildman–Crippen LogP) is 3.30. The summed E-state index contributed by atoms with van der Waals surface area (Å²) in [5, 5.41) is 4.53. The lowest BCUT2D eigenvalue weighted by atomic mass is 10.1. The zero-order chi connectivity index (χ0) is 16.4. The number of aromatic nitrogens is 2. The Morgan fingerprint density at radius 1 is 1.08 bits per heavy atom. The summed E-state index contributed by atoms with van der Waals surface area (Å²) in [5.41, 5.74) is 2.81. The molecule has 0 spiro atoms. The Hall–Kier alpha value is -3.08. The fourth-order valence-corrected chi connectivity index (χ4v) is 2.75. The first kappa shape index (κ1) is 14.5. The average molecular weight is 320 g/mol. The minimum Gasteiger partial charge on any atom is -0.475 e. The van der Waals surface area contributed by atoms with Crippen LogP contribution in [0.3, 0.4) is 0 Å². The number of esters is 1. The molecule has 5 nitrogen and oxygen atoms in total. The van der Waals surface area contributed by atoms with Crippen LogP contribution < -0.4 is 4.74 Å². The van der Waals surface area contributed by atoms with E-state index in [-0.39, 0.29) is 6.61 Å². The molecule has 120 valence electrons. The van der Waals surface area contributed by atoms with Gasteiger partial charge in [-0.1, -0.05) is 60.7 Å². The first-order valence-electron chi connectivity index (χ1n) is 7.83. The predicted molar refractivity (Wildman–Crippen MR) is 88.7 cm³/mol. The van der Waals surface area contributed by atoms with Crippen LogP contribution in [-0.2, 0) is 17.9 Å². The Morgan fingerprint density at radius 3 is 2.54 bits per heavy atom. The van der Waals surface area contributed by atoms with Gasteiger partial charge in [-0.05, 0) is 5.56 Å². The van der Waals surface area contributed by atoms with Gasteiger partial charge in [0.15, 0.2) is 0 Å². The third-order valence-corrected chi connectivity index (χ3v) is 3.91. The van der Waals surface area contributed by atoms with Crippen molar-refractivity contribution in [1.29, 1.82) is 0 Å². The van der Waals surface area contributed by atoms with E-state index in [0.717, 1.165) is 11.1 Å². The molecule has 0 saturated heterocycles. The largest absolute Gasteiger partial charge is 0.475 e. The van der Waals surface area contributed by atoms with Crippen molar-refractivity contribution in [2.24, 2.45) is 0 Å². The average Bonchev–Trinajstić information content (AvgIpc) is 3.22. The molecule has 24 heavy (non-hydrogen) atoms. The number of fused-ring (bicyclic) bond motifs is 1. The first-order valence-corrected chi connectivity index (χ1v) is 7.83. The molecule has 0 fully saturated rings. The molecule has 1 aromatic heterocycles. The van der Waals surface area contributed by atoms with Crippen LogP contribution in [0.15, 0.2) is 60.7 Å². The van der Waals surface area contributed by atoms with Gasteiger partial charge in [0.05, 0.1) is 6.54 Å². The molecule has 0 N–H and O–H groups in total. The summed E-state index contributed by atoms with van der Waals surface area (Å²) in [5.74, 6) is 0.0766. The van der Waals surface area contributed by atoms with Crippen LogP contribution in [0.5, 0.6) is 5.88 Å². The van der Waals surface area contributed by atoms with E-state index in [9.17, 15) is 4.79 Å². The van der Waals surface area contributed by atoms with Gasteiger partial charge in [0.2, 0.25) is 5.88 Å². The van der Waals surface area contributed by atoms with Gasteiger partial charge >= 0.3 is 5.97 Å². The Morgan fingerprint density at radius 2 is 1.79 bits per heavy atom. The molecule has 0 aliphatic carbocycles. The highest BCUT2D eigenvalue weighted by Gasteiger charge is 2.30. The third kappa shape index (κ3) is 2.65. The second-order valence-electron chi connectivity index (χ2n) is 5.53. The smallest absolute Gasteiger partial charge is 0.346 e. The molecule has 1 aliphatic rings. The second kappa shape index (κ2) is 6.20. The molecule has 0 unspecified atom stereocenters. The number of hydrogen-bond acceptors (Lipinski definition) is 4. The van der Waals surface area contributed by atoms with Crippen molar-refractivity contribution >= 4 is 5.97 Å². The van der Waals surface area contributed by atoms with E-state index in [1.54, 1.807) is 4.68 Å². The molecular weight excluding hydrogens is 304 g/mol. The number of benzene rings is 2. The van der Waals surface area contributed by atoms with E-state index in [2.05, 4.69) is 5.10 Å². The minimum absolute atomic E-state index is 0.221. The molecule has 0 saturated carbocycles. The van der Waals surface area contributed by atoms with Crippen molar-refractivity contribution < 1.29 is 14.3 Å². The zero-order valence-corrected chi connectivity index (χ0v) is 13.0. The number of carbonyl (C=O) groups is 1. The van der Waals surface area contributed by atoms with E-state index in [4.69, 9.17) is 9.47 Å².